The normalized spacial score (nSPS) is 16.6. The molecular formula is C33H27BrN6. The number of benzene rings is 4. The van der Waals surface area contributed by atoms with Crippen LogP contribution in [0.1, 0.15) is 34.0 Å². The van der Waals surface area contributed by atoms with Gasteiger partial charge in [0, 0.05) is 10.0 Å². The molecule has 40 heavy (non-hydrogen) atoms. The topological polar surface area (TPSA) is 57.8 Å². The van der Waals surface area contributed by atoms with Gasteiger partial charge in [-0.3, -0.25) is 0 Å². The molecule has 1 N–H and O–H groups in total. The van der Waals surface area contributed by atoms with Gasteiger partial charge in [-0.1, -0.05) is 70.5 Å². The van der Waals surface area contributed by atoms with Gasteiger partial charge in [0.1, 0.15) is 0 Å². The standard InChI is InChI=1S/C33H27BrN6/c1-20-11-9-17-26(21(20)2)35-31-33-37-32-29(22(3)38-40(32)25-14-5-4-6-15-25)30(23-12-10-13-24(34)19-23)39(33)28-18-8-7-16-27(28)36-31/h4-19,30H,1-3H3,(H,35,36). The van der Waals surface area contributed by atoms with Gasteiger partial charge in [0.25, 0.3) is 0 Å². The first kappa shape index (κ1) is 24.5. The Hall–Kier alpha value is -4.49. The molecule has 3 heterocycles. The van der Waals surface area contributed by atoms with Crippen molar-refractivity contribution in [1.29, 1.82) is 0 Å². The molecule has 7 heteroatoms. The molecule has 0 spiro atoms. The average Bonchev–Trinajstić information content (AvgIpc) is 3.30. The van der Waals surface area contributed by atoms with Gasteiger partial charge in [-0.15, -0.1) is 0 Å². The van der Waals surface area contributed by atoms with Crippen molar-refractivity contribution in [3.8, 4) is 5.69 Å². The largest absolute Gasteiger partial charge is 0.335 e. The third-order valence-electron chi connectivity index (χ3n) is 7.65. The van der Waals surface area contributed by atoms with Crippen molar-refractivity contribution in [1.82, 2.24) is 9.78 Å². The van der Waals surface area contributed by atoms with Gasteiger partial charge in [0.2, 0.25) is 0 Å². The number of rotatable bonds is 3. The molecule has 196 valence electrons. The molecule has 2 aliphatic heterocycles. The lowest BCUT2D eigenvalue weighted by Gasteiger charge is -2.42. The number of para-hydroxylation sites is 3. The van der Waals surface area contributed by atoms with E-state index in [0.29, 0.717) is 5.84 Å². The van der Waals surface area contributed by atoms with Crippen molar-refractivity contribution in [3.63, 3.8) is 0 Å². The van der Waals surface area contributed by atoms with E-state index in [1.54, 1.807) is 0 Å². The number of amidine groups is 2. The number of aryl methyl sites for hydroxylation is 2. The minimum Gasteiger partial charge on any atom is -0.335 e. The molecule has 1 unspecified atom stereocenters. The lowest BCUT2D eigenvalue weighted by Crippen LogP contribution is -2.48. The van der Waals surface area contributed by atoms with Crippen molar-refractivity contribution >= 4 is 50.5 Å². The molecule has 2 aliphatic rings. The number of nitrogens with one attached hydrogen (secondary N) is 1. The fourth-order valence-corrected chi connectivity index (χ4v) is 5.97. The number of nitrogens with zero attached hydrogens (tertiary/aromatic N) is 5. The molecule has 0 aliphatic carbocycles. The first-order chi connectivity index (χ1) is 19.5. The van der Waals surface area contributed by atoms with Crippen molar-refractivity contribution < 1.29 is 0 Å². The number of aromatic nitrogens is 2. The van der Waals surface area contributed by atoms with E-state index in [-0.39, 0.29) is 6.04 Å². The highest BCUT2D eigenvalue weighted by Gasteiger charge is 2.42. The number of aliphatic imine (C=N–C) groups is 2. The quantitative estimate of drug-likeness (QED) is 0.231. The molecular weight excluding hydrogens is 560 g/mol. The van der Waals surface area contributed by atoms with Crippen LogP contribution < -0.4 is 10.2 Å². The van der Waals surface area contributed by atoms with Crippen molar-refractivity contribution in [3.05, 3.63) is 129 Å². The van der Waals surface area contributed by atoms with Crippen LogP contribution in [0.5, 0.6) is 0 Å². The van der Waals surface area contributed by atoms with Gasteiger partial charge in [0.05, 0.1) is 34.5 Å². The molecule has 1 aromatic heterocycles. The zero-order valence-corrected chi connectivity index (χ0v) is 24.0. The Labute approximate surface area is 241 Å². The predicted molar refractivity (Wildman–Crippen MR) is 167 cm³/mol. The zero-order chi connectivity index (χ0) is 27.4. The fraction of sp³-hybridized carbons (Fsp3) is 0.121. The van der Waals surface area contributed by atoms with Gasteiger partial charge < -0.3 is 10.2 Å². The first-order valence-electron chi connectivity index (χ1n) is 13.3. The summed E-state index contributed by atoms with van der Waals surface area (Å²) in [5, 5.41) is 8.63. The van der Waals surface area contributed by atoms with Crippen LogP contribution >= 0.6 is 15.9 Å². The van der Waals surface area contributed by atoms with Gasteiger partial charge in [-0.05, 0) is 79.9 Å². The Morgan fingerprint density at radius 3 is 2.45 bits per heavy atom. The average molecular weight is 588 g/mol. The van der Waals surface area contributed by atoms with E-state index in [1.165, 1.54) is 5.56 Å². The third-order valence-corrected chi connectivity index (χ3v) is 8.15. The summed E-state index contributed by atoms with van der Waals surface area (Å²) in [5.74, 6) is 2.28. The van der Waals surface area contributed by atoms with Crippen LogP contribution in [0.25, 0.3) is 5.69 Å². The Balaban J connectivity index is 1.55. The van der Waals surface area contributed by atoms with Crippen LogP contribution in [0, 0.1) is 20.8 Å². The molecule has 0 saturated carbocycles. The summed E-state index contributed by atoms with van der Waals surface area (Å²) in [4.78, 5) is 12.8. The Morgan fingerprint density at radius 2 is 1.62 bits per heavy atom. The lowest BCUT2D eigenvalue weighted by atomic mass is 9.93. The summed E-state index contributed by atoms with van der Waals surface area (Å²) in [6.07, 6.45) is 0. The second kappa shape index (κ2) is 9.61. The molecule has 0 saturated heterocycles. The van der Waals surface area contributed by atoms with Gasteiger partial charge in [0.15, 0.2) is 17.5 Å². The Morgan fingerprint density at radius 1 is 0.850 bits per heavy atom. The van der Waals surface area contributed by atoms with Gasteiger partial charge in [-0.25, -0.2) is 14.7 Å². The highest BCUT2D eigenvalue weighted by Crippen LogP contribution is 2.48. The molecule has 0 radical (unpaired) electrons. The summed E-state index contributed by atoms with van der Waals surface area (Å²) < 4.78 is 2.98. The van der Waals surface area contributed by atoms with Crippen molar-refractivity contribution in [2.45, 2.75) is 26.8 Å². The van der Waals surface area contributed by atoms with Crippen LogP contribution in [0.15, 0.2) is 112 Å². The Kier molecular flexibility index (Phi) is 5.90. The smallest absolute Gasteiger partial charge is 0.179 e. The van der Waals surface area contributed by atoms with Crippen LogP contribution in [-0.4, -0.2) is 21.5 Å². The van der Waals surface area contributed by atoms with E-state index in [1.807, 2.05) is 28.9 Å². The number of hydrogen-bond acceptors (Lipinski definition) is 4. The maximum absolute atomic E-state index is 5.33. The van der Waals surface area contributed by atoms with Gasteiger partial charge in [-0.2, -0.15) is 5.10 Å². The minimum atomic E-state index is -0.162. The summed E-state index contributed by atoms with van der Waals surface area (Å²) in [7, 11) is 0. The van der Waals surface area contributed by atoms with E-state index < -0.39 is 0 Å². The number of halogens is 1. The lowest BCUT2D eigenvalue weighted by molar-refractivity contribution is 0.815. The molecule has 6 nitrogen and oxygen atoms in total. The van der Waals surface area contributed by atoms with Crippen LogP contribution in [-0.2, 0) is 0 Å². The molecule has 5 aromatic rings. The second-order valence-corrected chi connectivity index (χ2v) is 11.1. The summed E-state index contributed by atoms with van der Waals surface area (Å²) in [6, 6.07) is 33.1. The Bertz CT molecular complexity index is 1840. The van der Waals surface area contributed by atoms with E-state index in [4.69, 9.17) is 15.1 Å². The minimum absolute atomic E-state index is 0.162. The van der Waals surface area contributed by atoms with E-state index in [2.05, 4.69) is 120 Å². The summed E-state index contributed by atoms with van der Waals surface area (Å²) in [5.41, 5.74) is 9.42. The van der Waals surface area contributed by atoms with E-state index in [0.717, 1.165) is 61.3 Å². The van der Waals surface area contributed by atoms with Crippen LogP contribution in [0.4, 0.5) is 22.9 Å². The van der Waals surface area contributed by atoms with Gasteiger partial charge >= 0.3 is 0 Å². The van der Waals surface area contributed by atoms with E-state index >= 15 is 0 Å². The molecule has 1 atom stereocenters. The fourth-order valence-electron chi connectivity index (χ4n) is 5.55. The number of hydrogen-bond donors (Lipinski definition) is 1. The summed E-state index contributed by atoms with van der Waals surface area (Å²) in [6.45, 7) is 6.30. The predicted octanol–water partition coefficient (Wildman–Crippen LogP) is 8.36. The maximum Gasteiger partial charge on any atom is 0.179 e. The second-order valence-electron chi connectivity index (χ2n) is 10.2. The molecule has 0 bridgehead atoms. The molecule has 4 aromatic carbocycles. The van der Waals surface area contributed by atoms with Crippen LogP contribution in [0.2, 0.25) is 0 Å². The first-order valence-corrected chi connectivity index (χ1v) is 14.1. The molecule has 7 rings (SSSR count). The maximum atomic E-state index is 5.33. The molecule has 0 fully saturated rings. The number of anilines is 2. The number of fused-ring (bicyclic) bond motifs is 4. The van der Waals surface area contributed by atoms with Crippen molar-refractivity contribution in [2.75, 3.05) is 10.2 Å². The third kappa shape index (κ3) is 3.97. The highest BCUT2D eigenvalue weighted by atomic mass is 79.9. The SMILES string of the molecule is Cc1cccc(N=C2Nc3ccccc3N3C2=Nc2c(c(C)nn2-c2ccccc2)C3c2cccc(Br)c2)c1C. The van der Waals surface area contributed by atoms with Crippen LogP contribution in [0.3, 0.4) is 0 Å². The monoisotopic (exact) mass is 586 g/mol. The van der Waals surface area contributed by atoms with E-state index in [9.17, 15) is 0 Å². The van der Waals surface area contributed by atoms with Crippen molar-refractivity contribution in [2.24, 2.45) is 9.98 Å². The zero-order valence-electron chi connectivity index (χ0n) is 22.4. The summed E-state index contributed by atoms with van der Waals surface area (Å²) >= 11 is 3.71. The highest BCUT2D eigenvalue weighted by molar-refractivity contribution is 9.10. The molecule has 0 amide bonds.